The minimum Gasteiger partial charge on any atom is -0.227 e. The Morgan fingerprint density at radius 3 is 2.33 bits per heavy atom. The SMILES string of the molecule is C=CCS([O])=O. The zero-order valence-corrected chi connectivity index (χ0v) is 4.03. The second-order valence-electron chi connectivity index (χ2n) is 0.759. The monoisotopic (exact) mass is 105 g/mol. The molecule has 0 bridgehead atoms. The molecule has 0 amide bonds. The van der Waals surface area contributed by atoms with E-state index in [-0.39, 0.29) is 5.75 Å². The molecular formula is C3H5O2S. The van der Waals surface area contributed by atoms with Crippen molar-refractivity contribution >= 4 is 11.1 Å². The van der Waals surface area contributed by atoms with Crippen molar-refractivity contribution in [2.45, 2.75) is 0 Å². The van der Waals surface area contributed by atoms with Gasteiger partial charge in [0.1, 0.15) is 0 Å². The summed E-state index contributed by atoms with van der Waals surface area (Å²) in [7, 11) is 0. The largest absolute Gasteiger partial charge is 0.227 e. The lowest BCUT2D eigenvalue weighted by Crippen LogP contribution is -1.84. The summed E-state index contributed by atoms with van der Waals surface area (Å²) < 4.78 is 19.1. The van der Waals surface area contributed by atoms with Crippen molar-refractivity contribution in [1.29, 1.82) is 0 Å². The topological polar surface area (TPSA) is 37.0 Å². The van der Waals surface area contributed by atoms with Crippen molar-refractivity contribution < 1.29 is 8.76 Å². The molecule has 0 heterocycles. The van der Waals surface area contributed by atoms with Gasteiger partial charge in [0.05, 0.1) is 5.75 Å². The van der Waals surface area contributed by atoms with E-state index in [0.29, 0.717) is 0 Å². The molecule has 0 aliphatic carbocycles. The number of hydrogen-bond acceptors (Lipinski definition) is 1. The van der Waals surface area contributed by atoms with Gasteiger partial charge in [-0.05, 0) is 0 Å². The third-order valence-corrected chi connectivity index (χ3v) is 0.762. The zero-order chi connectivity index (χ0) is 4.99. The summed E-state index contributed by atoms with van der Waals surface area (Å²) in [5.41, 5.74) is 0. The predicted molar refractivity (Wildman–Crippen MR) is 23.9 cm³/mol. The van der Waals surface area contributed by atoms with Crippen LogP contribution in [-0.2, 0) is 15.6 Å². The third-order valence-electron chi connectivity index (χ3n) is 0.254. The number of hydrogen-bond donors (Lipinski definition) is 0. The molecule has 35 valence electrons. The highest BCUT2D eigenvalue weighted by atomic mass is 32.2. The Labute approximate surface area is 39.2 Å². The van der Waals surface area contributed by atoms with Crippen LogP contribution < -0.4 is 0 Å². The van der Waals surface area contributed by atoms with Crippen LogP contribution in [0.3, 0.4) is 0 Å². The molecule has 0 saturated heterocycles. The lowest BCUT2D eigenvalue weighted by atomic mass is 10.8. The van der Waals surface area contributed by atoms with Crippen molar-refractivity contribution in [2.75, 3.05) is 5.75 Å². The van der Waals surface area contributed by atoms with E-state index in [1.54, 1.807) is 0 Å². The van der Waals surface area contributed by atoms with Crippen LogP contribution in [0.25, 0.3) is 0 Å². The fourth-order valence-electron chi connectivity index (χ4n) is 0.0962. The van der Waals surface area contributed by atoms with Gasteiger partial charge in [-0.2, -0.15) is 0 Å². The van der Waals surface area contributed by atoms with Crippen molar-refractivity contribution in [2.24, 2.45) is 0 Å². The first-order valence-corrected chi connectivity index (χ1v) is 2.68. The first kappa shape index (κ1) is 5.85. The molecule has 0 aromatic heterocycles. The molecule has 0 fully saturated rings. The second-order valence-corrected chi connectivity index (χ2v) is 1.70. The van der Waals surface area contributed by atoms with Gasteiger partial charge < -0.3 is 0 Å². The van der Waals surface area contributed by atoms with E-state index in [1.807, 2.05) is 0 Å². The molecule has 0 aromatic carbocycles. The Bertz CT molecular complexity index is 69.2. The molecule has 1 radical (unpaired) electrons. The normalized spacial score (nSPS) is 13.5. The van der Waals surface area contributed by atoms with Crippen LogP contribution in [0, 0.1) is 0 Å². The van der Waals surface area contributed by atoms with E-state index in [9.17, 15) is 8.76 Å². The molecule has 1 unspecified atom stereocenters. The predicted octanol–water partition coefficient (Wildman–Crippen LogP) is 0.267. The maximum Gasteiger partial charge on any atom is 0.192 e. The van der Waals surface area contributed by atoms with E-state index in [1.165, 1.54) is 6.08 Å². The molecule has 0 N–H and O–H groups in total. The van der Waals surface area contributed by atoms with Crippen molar-refractivity contribution in [1.82, 2.24) is 0 Å². The summed E-state index contributed by atoms with van der Waals surface area (Å²) in [6.45, 7) is 3.21. The first-order valence-electron chi connectivity index (χ1n) is 1.44. The Kier molecular flexibility index (Phi) is 2.98. The fourth-order valence-corrected chi connectivity index (χ4v) is 0.289. The van der Waals surface area contributed by atoms with Gasteiger partial charge in [-0.3, -0.25) is 0 Å². The molecule has 2 nitrogen and oxygen atoms in total. The summed E-state index contributed by atoms with van der Waals surface area (Å²) >= 11 is -1.93. The van der Waals surface area contributed by atoms with Gasteiger partial charge in [0.2, 0.25) is 0 Å². The van der Waals surface area contributed by atoms with Crippen LogP contribution in [0.15, 0.2) is 12.7 Å². The average molecular weight is 105 g/mol. The Balaban J connectivity index is 3.05. The highest BCUT2D eigenvalue weighted by molar-refractivity contribution is 7.79. The summed E-state index contributed by atoms with van der Waals surface area (Å²) in [5.74, 6) is 0.0556. The van der Waals surface area contributed by atoms with Crippen LogP contribution in [0.5, 0.6) is 0 Å². The first-order chi connectivity index (χ1) is 2.77. The molecule has 0 saturated carbocycles. The van der Waals surface area contributed by atoms with Crippen LogP contribution in [0.2, 0.25) is 0 Å². The van der Waals surface area contributed by atoms with E-state index in [4.69, 9.17) is 0 Å². The average Bonchev–Trinajstić information content (AvgIpc) is 1.35. The van der Waals surface area contributed by atoms with E-state index < -0.39 is 11.1 Å². The van der Waals surface area contributed by atoms with Crippen molar-refractivity contribution in [3.05, 3.63) is 12.7 Å². The molecule has 0 aromatic rings. The maximum absolute atomic E-state index is 9.53. The molecule has 0 aliphatic rings. The summed E-state index contributed by atoms with van der Waals surface area (Å²) in [6, 6.07) is 0. The van der Waals surface area contributed by atoms with Gasteiger partial charge in [0.15, 0.2) is 11.1 Å². The van der Waals surface area contributed by atoms with Crippen LogP contribution in [-0.4, -0.2) is 9.96 Å². The van der Waals surface area contributed by atoms with Crippen LogP contribution >= 0.6 is 0 Å². The van der Waals surface area contributed by atoms with Gasteiger partial charge >= 0.3 is 0 Å². The molecule has 1 atom stereocenters. The highest BCUT2D eigenvalue weighted by Crippen LogP contribution is 1.71. The van der Waals surface area contributed by atoms with Crippen LogP contribution in [0.4, 0.5) is 0 Å². The van der Waals surface area contributed by atoms with Gasteiger partial charge in [-0.25, -0.2) is 4.21 Å². The summed E-state index contributed by atoms with van der Waals surface area (Å²) in [5, 5.41) is 0. The smallest absolute Gasteiger partial charge is 0.192 e. The molecule has 6 heavy (non-hydrogen) atoms. The standard InChI is InChI=1S/C3H5O2S/c1-2-3-6(4)5/h2H,1,3H2. The summed E-state index contributed by atoms with van der Waals surface area (Å²) in [6.07, 6.45) is 1.34. The quantitative estimate of drug-likeness (QED) is 0.464. The highest BCUT2D eigenvalue weighted by Gasteiger charge is 1.83. The van der Waals surface area contributed by atoms with Gasteiger partial charge in [0, 0.05) is 0 Å². The van der Waals surface area contributed by atoms with E-state index in [0.717, 1.165) is 0 Å². The van der Waals surface area contributed by atoms with Crippen LogP contribution in [0.1, 0.15) is 0 Å². The van der Waals surface area contributed by atoms with E-state index >= 15 is 0 Å². The Morgan fingerprint density at radius 2 is 2.33 bits per heavy atom. The molecular weight excluding hydrogens is 100 g/mol. The Morgan fingerprint density at radius 1 is 1.83 bits per heavy atom. The molecule has 0 spiro atoms. The minimum atomic E-state index is -1.93. The molecule has 0 aliphatic heterocycles. The molecule has 0 rings (SSSR count). The van der Waals surface area contributed by atoms with E-state index in [2.05, 4.69) is 6.58 Å². The number of rotatable bonds is 2. The lowest BCUT2D eigenvalue weighted by molar-refractivity contribution is 0.476. The zero-order valence-electron chi connectivity index (χ0n) is 3.22. The maximum atomic E-state index is 9.53. The van der Waals surface area contributed by atoms with Gasteiger partial charge in [0.25, 0.3) is 0 Å². The van der Waals surface area contributed by atoms with Gasteiger partial charge in [-0.1, -0.05) is 6.08 Å². The minimum absolute atomic E-state index is 0.0556. The lowest BCUT2D eigenvalue weighted by Gasteiger charge is -1.72. The summed E-state index contributed by atoms with van der Waals surface area (Å²) in [4.78, 5) is 0. The van der Waals surface area contributed by atoms with Crippen molar-refractivity contribution in [3.8, 4) is 0 Å². The Hall–Kier alpha value is -0.150. The molecule has 3 heteroatoms. The second kappa shape index (κ2) is 3.06. The fraction of sp³-hybridized carbons (Fsp3) is 0.333. The third kappa shape index (κ3) is 3.85. The van der Waals surface area contributed by atoms with Gasteiger partial charge in [-0.15, -0.1) is 11.1 Å². The van der Waals surface area contributed by atoms with Crippen molar-refractivity contribution in [3.63, 3.8) is 0 Å².